The molecule has 0 aliphatic carbocycles. The van der Waals surface area contributed by atoms with Crippen molar-refractivity contribution in [3.63, 3.8) is 0 Å². The molecule has 1 aromatic carbocycles. The van der Waals surface area contributed by atoms with Crippen molar-refractivity contribution in [1.82, 2.24) is 5.32 Å². The van der Waals surface area contributed by atoms with E-state index < -0.39 is 0 Å². The maximum atomic E-state index is 5.59. The molecular weight excluding hydrogens is 242 g/mol. The molecule has 0 amide bonds. The van der Waals surface area contributed by atoms with Gasteiger partial charge in [0.25, 0.3) is 0 Å². The molecule has 4 nitrogen and oxygen atoms in total. The molecule has 0 aliphatic heterocycles. The van der Waals surface area contributed by atoms with Gasteiger partial charge in [-0.25, -0.2) is 0 Å². The van der Waals surface area contributed by atoms with Crippen molar-refractivity contribution in [2.24, 2.45) is 0 Å². The highest BCUT2D eigenvalue weighted by molar-refractivity contribution is 5.27. The van der Waals surface area contributed by atoms with Gasteiger partial charge in [0.05, 0.1) is 19.3 Å². The maximum absolute atomic E-state index is 5.59. The molecule has 1 N–H and O–H groups in total. The van der Waals surface area contributed by atoms with Gasteiger partial charge in [0.15, 0.2) is 0 Å². The molecule has 19 heavy (non-hydrogen) atoms. The summed E-state index contributed by atoms with van der Waals surface area (Å²) in [5.41, 5.74) is 1.24. The number of ether oxygens (including phenoxy) is 3. The Labute approximate surface area is 116 Å². The van der Waals surface area contributed by atoms with Crippen LogP contribution in [0.2, 0.25) is 0 Å². The second kappa shape index (κ2) is 9.78. The minimum absolute atomic E-state index is 0.254. The van der Waals surface area contributed by atoms with E-state index in [9.17, 15) is 0 Å². The molecule has 0 unspecified atom stereocenters. The topological polar surface area (TPSA) is 39.7 Å². The predicted molar refractivity (Wildman–Crippen MR) is 76.6 cm³/mol. The lowest BCUT2D eigenvalue weighted by atomic mass is 10.2. The van der Waals surface area contributed by atoms with Gasteiger partial charge in [-0.1, -0.05) is 12.1 Å². The summed E-state index contributed by atoms with van der Waals surface area (Å²) in [4.78, 5) is 0. The molecular formula is C15H25NO3. The third kappa shape index (κ3) is 7.82. The van der Waals surface area contributed by atoms with Crippen LogP contribution in [0.1, 0.15) is 19.4 Å². The van der Waals surface area contributed by atoms with E-state index in [0.717, 1.165) is 25.4 Å². The molecule has 0 saturated carbocycles. The van der Waals surface area contributed by atoms with Crippen LogP contribution in [0.5, 0.6) is 5.75 Å². The molecule has 4 heteroatoms. The van der Waals surface area contributed by atoms with Crippen molar-refractivity contribution in [3.8, 4) is 5.75 Å². The van der Waals surface area contributed by atoms with Crippen LogP contribution in [0.25, 0.3) is 0 Å². The Morgan fingerprint density at radius 2 is 1.79 bits per heavy atom. The highest BCUT2D eigenvalue weighted by Gasteiger charge is 1.97. The summed E-state index contributed by atoms with van der Waals surface area (Å²) in [6.07, 6.45) is 0.254. The molecule has 0 aromatic heterocycles. The van der Waals surface area contributed by atoms with Crippen molar-refractivity contribution >= 4 is 0 Å². The standard InChI is InChI=1S/C15H25NO3/c1-13(2)18-10-11-19-15-6-4-14(5-7-15)12-16-8-9-17-3/h4-7,13,16H,8-12H2,1-3H3. The van der Waals surface area contributed by atoms with E-state index in [2.05, 4.69) is 17.4 Å². The quantitative estimate of drug-likeness (QED) is 0.660. The summed E-state index contributed by atoms with van der Waals surface area (Å²) in [5.74, 6) is 0.882. The zero-order valence-electron chi connectivity index (χ0n) is 12.1. The lowest BCUT2D eigenvalue weighted by Crippen LogP contribution is -2.18. The summed E-state index contributed by atoms with van der Waals surface area (Å²) >= 11 is 0. The van der Waals surface area contributed by atoms with Gasteiger partial charge in [-0.3, -0.25) is 0 Å². The number of hydrogen-bond acceptors (Lipinski definition) is 4. The lowest BCUT2D eigenvalue weighted by Gasteiger charge is -2.10. The first-order chi connectivity index (χ1) is 9.22. The van der Waals surface area contributed by atoms with Gasteiger partial charge in [-0.05, 0) is 31.5 Å². The lowest BCUT2D eigenvalue weighted by molar-refractivity contribution is 0.0552. The van der Waals surface area contributed by atoms with E-state index in [-0.39, 0.29) is 6.10 Å². The Morgan fingerprint density at radius 3 is 2.42 bits per heavy atom. The van der Waals surface area contributed by atoms with Gasteiger partial charge in [0.2, 0.25) is 0 Å². The van der Waals surface area contributed by atoms with Crippen molar-refractivity contribution in [2.45, 2.75) is 26.5 Å². The Balaban J connectivity index is 2.19. The highest BCUT2D eigenvalue weighted by Crippen LogP contribution is 2.12. The molecule has 108 valence electrons. The minimum atomic E-state index is 0.254. The van der Waals surface area contributed by atoms with Gasteiger partial charge in [0, 0.05) is 20.2 Å². The Bertz CT molecular complexity index is 325. The summed E-state index contributed by atoms with van der Waals surface area (Å²) in [6, 6.07) is 8.11. The normalized spacial score (nSPS) is 10.9. The summed E-state index contributed by atoms with van der Waals surface area (Å²) in [7, 11) is 1.71. The summed E-state index contributed by atoms with van der Waals surface area (Å²) < 4.78 is 16.0. The minimum Gasteiger partial charge on any atom is -0.491 e. The van der Waals surface area contributed by atoms with E-state index in [4.69, 9.17) is 14.2 Å². The summed E-state index contributed by atoms with van der Waals surface area (Å²) in [5, 5.41) is 3.30. The molecule has 0 bridgehead atoms. The first kappa shape index (κ1) is 16.0. The molecule has 1 aromatic rings. The van der Waals surface area contributed by atoms with Crippen molar-refractivity contribution in [1.29, 1.82) is 0 Å². The van der Waals surface area contributed by atoms with E-state index in [1.165, 1.54) is 5.56 Å². The second-order valence-electron chi connectivity index (χ2n) is 4.58. The highest BCUT2D eigenvalue weighted by atomic mass is 16.5. The van der Waals surface area contributed by atoms with Crippen LogP contribution in [0, 0.1) is 0 Å². The molecule has 0 fully saturated rings. The first-order valence-electron chi connectivity index (χ1n) is 6.75. The van der Waals surface area contributed by atoms with E-state index in [1.54, 1.807) is 7.11 Å². The van der Waals surface area contributed by atoms with Crippen LogP contribution in [-0.2, 0) is 16.0 Å². The van der Waals surface area contributed by atoms with Crippen molar-refractivity contribution in [3.05, 3.63) is 29.8 Å². The molecule has 0 aliphatic rings. The summed E-state index contributed by atoms with van der Waals surface area (Å²) in [6.45, 7) is 7.69. The fraction of sp³-hybridized carbons (Fsp3) is 0.600. The Kier molecular flexibility index (Phi) is 8.21. The zero-order valence-corrected chi connectivity index (χ0v) is 12.1. The number of hydrogen-bond donors (Lipinski definition) is 1. The predicted octanol–water partition coefficient (Wildman–Crippen LogP) is 2.23. The van der Waals surface area contributed by atoms with Gasteiger partial charge in [-0.2, -0.15) is 0 Å². The van der Waals surface area contributed by atoms with Crippen LogP contribution in [0.4, 0.5) is 0 Å². The Hall–Kier alpha value is -1.10. The van der Waals surface area contributed by atoms with Crippen molar-refractivity contribution in [2.75, 3.05) is 33.5 Å². The fourth-order valence-electron chi connectivity index (χ4n) is 1.55. The average molecular weight is 267 g/mol. The monoisotopic (exact) mass is 267 g/mol. The van der Waals surface area contributed by atoms with E-state index >= 15 is 0 Å². The molecule has 0 atom stereocenters. The van der Waals surface area contributed by atoms with Gasteiger partial charge in [-0.15, -0.1) is 0 Å². The second-order valence-corrected chi connectivity index (χ2v) is 4.58. The maximum Gasteiger partial charge on any atom is 0.119 e. The van der Waals surface area contributed by atoms with Gasteiger partial charge in [0.1, 0.15) is 12.4 Å². The third-order valence-corrected chi connectivity index (χ3v) is 2.54. The molecule has 1 rings (SSSR count). The van der Waals surface area contributed by atoms with E-state index in [1.807, 2.05) is 26.0 Å². The largest absolute Gasteiger partial charge is 0.491 e. The number of benzene rings is 1. The smallest absolute Gasteiger partial charge is 0.119 e. The molecule has 0 heterocycles. The number of methoxy groups -OCH3 is 1. The van der Waals surface area contributed by atoms with Gasteiger partial charge < -0.3 is 19.5 Å². The van der Waals surface area contributed by atoms with Crippen LogP contribution >= 0.6 is 0 Å². The first-order valence-corrected chi connectivity index (χ1v) is 6.75. The molecule has 0 spiro atoms. The number of rotatable bonds is 10. The Morgan fingerprint density at radius 1 is 1.05 bits per heavy atom. The SMILES string of the molecule is COCCNCc1ccc(OCCOC(C)C)cc1. The van der Waals surface area contributed by atoms with Gasteiger partial charge >= 0.3 is 0 Å². The fourth-order valence-corrected chi connectivity index (χ4v) is 1.55. The zero-order chi connectivity index (χ0) is 13.9. The van der Waals surface area contributed by atoms with Crippen LogP contribution in [-0.4, -0.2) is 39.6 Å². The number of nitrogens with one attached hydrogen (secondary N) is 1. The van der Waals surface area contributed by atoms with Crippen LogP contribution < -0.4 is 10.1 Å². The van der Waals surface area contributed by atoms with Crippen LogP contribution in [0.3, 0.4) is 0 Å². The van der Waals surface area contributed by atoms with Crippen LogP contribution in [0.15, 0.2) is 24.3 Å². The average Bonchev–Trinajstić information content (AvgIpc) is 2.41. The molecule has 0 radical (unpaired) electrons. The van der Waals surface area contributed by atoms with E-state index in [0.29, 0.717) is 13.2 Å². The molecule has 0 saturated heterocycles. The third-order valence-electron chi connectivity index (χ3n) is 2.54. The van der Waals surface area contributed by atoms with Crippen molar-refractivity contribution < 1.29 is 14.2 Å².